The minimum Gasteiger partial charge on any atom is -0.379 e. The Morgan fingerprint density at radius 1 is 1.16 bits per heavy atom. The summed E-state index contributed by atoms with van der Waals surface area (Å²) in [4.78, 5) is 29.2. The van der Waals surface area contributed by atoms with Crippen molar-refractivity contribution < 1.29 is 18.7 Å². The first-order chi connectivity index (χ1) is 15.0. The van der Waals surface area contributed by atoms with Gasteiger partial charge in [0.15, 0.2) is 0 Å². The number of nitrogens with zero attached hydrogens (tertiary/aromatic N) is 2. The van der Waals surface area contributed by atoms with E-state index >= 15 is 0 Å². The molecule has 164 valence electrons. The molecule has 2 aromatic rings. The van der Waals surface area contributed by atoms with Crippen LogP contribution < -0.4 is 10.2 Å². The molecule has 2 heterocycles. The van der Waals surface area contributed by atoms with Crippen molar-refractivity contribution >= 4 is 29.1 Å². The van der Waals surface area contributed by atoms with E-state index in [1.54, 1.807) is 29.2 Å². The zero-order chi connectivity index (χ0) is 21.8. The Hall–Kier alpha value is -2.48. The Balaban J connectivity index is 1.55. The molecule has 2 aliphatic rings. The Morgan fingerprint density at radius 3 is 2.68 bits per heavy atom. The Bertz CT molecular complexity index is 965. The number of nitrogens with one attached hydrogen (secondary N) is 1. The van der Waals surface area contributed by atoms with Gasteiger partial charge in [-0.15, -0.1) is 0 Å². The number of amides is 2. The molecule has 2 saturated heterocycles. The van der Waals surface area contributed by atoms with E-state index in [-0.39, 0.29) is 23.7 Å². The van der Waals surface area contributed by atoms with Gasteiger partial charge in [0.1, 0.15) is 5.82 Å². The monoisotopic (exact) mass is 445 g/mol. The summed E-state index contributed by atoms with van der Waals surface area (Å²) in [6.07, 6.45) is 1.22. The molecule has 0 spiro atoms. The quantitative estimate of drug-likeness (QED) is 0.740. The molecule has 31 heavy (non-hydrogen) atoms. The average Bonchev–Trinajstić information content (AvgIpc) is 3.20. The zero-order valence-electron chi connectivity index (χ0n) is 17.2. The third-order valence-electron chi connectivity index (χ3n) is 5.74. The van der Waals surface area contributed by atoms with Crippen LogP contribution in [0.3, 0.4) is 0 Å². The lowest BCUT2D eigenvalue weighted by atomic mass is 10.0. The largest absolute Gasteiger partial charge is 0.379 e. The fourth-order valence-electron chi connectivity index (χ4n) is 4.17. The lowest BCUT2D eigenvalue weighted by Crippen LogP contribution is -2.44. The number of morpholine rings is 1. The summed E-state index contributed by atoms with van der Waals surface area (Å²) in [6.45, 7) is 3.46. The van der Waals surface area contributed by atoms with E-state index in [9.17, 15) is 14.0 Å². The highest BCUT2D eigenvalue weighted by atomic mass is 35.5. The fourth-order valence-corrected chi connectivity index (χ4v) is 4.33. The Kier molecular flexibility index (Phi) is 6.85. The van der Waals surface area contributed by atoms with Gasteiger partial charge in [-0.3, -0.25) is 14.5 Å². The maximum atomic E-state index is 13.9. The number of benzene rings is 2. The van der Waals surface area contributed by atoms with Gasteiger partial charge in [0.25, 0.3) is 5.91 Å². The van der Waals surface area contributed by atoms with Gasteiger partial charge in [0.05, 0.1) is 30.5 Å². The summed E-state index contributed by atoms with van der Waals surface area (Å²) in [5.41, 5.74) is 1.73. The molecular formula is C23H25ClFN3O3. The highest BCUT2D eigenvalue weighted by Crippen LogP contribution is 2.29. The van der Waals surface area contributed by atoms with Crippen LogP contribution in [0.5, 0.6) is 0 Å². The molecular weight excluding hydrogens is 421 g/mol. The number of ether oxygens (including phenoxy) is 1. The van der Waals surface area contributed by atoms with E-state index in [1.165, 1.54) is 12.1 Å². The van der Waals surface area contributed by atoms with E-state index in [0.717, 1.165) is 12.0 Å². The number of hydrogen-bond donors (Lipinski definition) is 1. The van der Waals surface area contributed by atoms with E-state index < -0.39 is 0 Å². The molecule has 1 N–H and O–H groups in total. The van der Waals surface area contributed by atoms with Gasteiger partial charge in [-0.25, -0.2) is 4.39 Å². The lowest BCUT2D eigenvalue weighted by Gasteiger charge is -2.35. The molecule has 0 saturated carbocycles. The maximum absolute atomic E-state index is 13.9. The first kappa shape index (κ1) is 21.7. The highest BCUT2D eigenvalue weighted by Gasteiger charge is 2.28. The zero-order valence-corrected chi connectivity index (χ0v) is 17.9. The number of carbonyl (C=O) groups excluding carboxylic acids is 2. The number of halogens is 2. The molecule has 6 nitrogen and oxygen atoms in total. The van der Waals surface area contributed by atoms with Crippen molar-refractivity contribution in [2.75, 3.05) is 44.3 Å². The first-order valence-corrected chi connectivity index (χ1v) is 10.9. The van der Waals surface area contributed by atoms with Crippen LogP contribution >= 0.6 is 11.6 Å². The Morgan fingerprint density at radius 2 is 1.97 bits per heavy atom. The van der Waals surface area contributed by atoms with Gasteiger partial charge in [-0.2, -0.15) is 0 Å². The molecule has 4 rings (SSSR count). The molecule has 2 aliphatic heterocycles. The summed E-state index contributed by atoms with van der Waals surface area (Å²) in [5.74, 6) is -0.613. The van der Waals surface area contributed by atoms with Gasteiger partial charge < -0.3 is 15.0 Å². The van der Waals surface area contributed by atoms with Crippen LogP contribution in [-0.4, -0.2) is 56.1 Å². The molecule has 1 atom stereocenters. The van der Waals surface area contributed by atoms with Crippen molar-refractivity contribution in [1.82, 2.24) is 10.2 Å². The van der Waals surface area contributed by atoms with Crippen molar-refractivity contribution in [2.24, 2.45) is 0 Å². The summed E-state index contributed by atoms with van der Waals surface area (Å²) in [7, 11) is 0. The van der Waals surface area contributed by atoms with Gasteiger partial charge in [0, 0.05) is 37.6 Å². The molecule has 0 radical (unpaired) electrons. The van der Waals surface area contributed by atoms with E-state index in [0.29, 0.717) is 62.1 Å². The second-order valence-corrected chi connectivity index (χ2v) is 8.18. The van der Waals surface area contributed by atoms with Crippen LogP contribution in [0.15, 0.2) is 42.5 Å². The van der Waals surface area contributed by atoms with Crippen LogP contribution in [-0.2, 0) is 9.53 Å². The molecule has 0 aliphatic carbocycles. The third-order valence-corrected chi connectivity index (χ3v) is 5.98. The number of hydrogen-bond acceptors (Lipinski definition) is 4. The third kappa shape index (κ3) is 5.06. The number of carbonyl (C=O) groups is 2. The summed E-state index contributed by atoms with van der Waals surface area (Å²) in [6, 6.07) is 11.2. The molecule has 2 amide bonds. The van der Waals surface area contributed by atoms with Crippen molar-refractivity contribution in [3.63, 3.8) is 0 Å². The van der Waals surface area contributed by atoms with Gasteiger partial charge in [-0.1, -0.05) is 23.7 Å². The van der Waals surface area contributed by atoms with Crippen LogP contribution in [0.4, 0.5) is 10.1 Å². The SMILES string of the molecule is O=C(NCC(c1cccc(F)c1)N1CCOCC1)c1ccc(Cl)cc1N1CCCC1=O. The van der Waals surface area contributed by atoms with E-state index in [2.05, 4.69) is 10.2 Å². The van der Waals surface area contributed by atoms with Crippen LogP contribution in [0.2, 0.25) is 5.02 Å². The minimum absolute atomic E-state index is 0.0118. The molecule has 8 heteroatoms. The highest BCUT2D eigenvalue weighted by molar-refractivity contribution is 6.31. The van der Waals surface area contributed by atoms with Crippen LogP contribution in [0, 0.1) is 5.82 Å². The van der Waals surface area contributed by atoms with Gasteiger partial charge in [-0.05, 0) is 42.3 Å². The maximum Gasteiger partial charge on any atom is 0.253 e. The topological polar surface area (TPSA) is 61.9 Å². The number of rotatable bonds is 6. The van der Waals surface area contributed by atoms with Crippen molar-refractivity contribution in [3.05, 3.63) is 64.4 Å². The minimum atomic E-state index is -0.311. The molecule has 2 aromatic carbocycles. The van der Waals surface area contributed by atoms with Gasteiger partial charge >= 0.3 is 0 Å². The van der Waals surface area contributed by atoms with Crippen molar-refractivity contribution in [2.45, 2.75) is 18.9 Å². The summed E-state index contributed by atoms with van der Waals surface area (Å²) < 4.78 is 19.3. The van der Waals surface area contributed by atoms with Crippen molar-refractivity contribution in [3.8, 4) is 0 Å². The standard InChI is InChI=1S/C23H25ClFN3O3/c24-17-6-7-19(20(14-17)28-8-2-5-22(28)29)23(30)26-15-21(27-9-11-31-12-10-27)16-3-1-4-18(25)13-16/h1,3-4,6-7,13-14,21H,2,5,8-12,15H2,(H,26,30). The van der Waals surface area contributed by atoms with Crippen LogP contribution in [0.1, 0.15) is 34.8 Å². The average molecular weight is 446 g/mol. The molecule has 0 bridgehead atoms. The van der Waals surface area contributed by atoms with E-state index in [4.69, 9.17) is 16.3 Å². The summed E-state index contributed by atoms with van der Waals surface area (Å²) in [5, 5.41) is 3.46. The van der Waals surface area contributed by atoms with Crippen molar-refractivity contribution in [1.29, 1.82) is 0 Å². The summed E-state index contributed by atoms with van der Waals surface area (Å²) >= 11 is 6.15. The Labute approximate surface area is 185 Å². The molecule has 0 aromatic heterocycles. The lowest BCUT2D eigenvalue weighted by molar-refractivity contribution is -0.117. The molecule has 1 unspecified atom stereocenters. The predicted octanol–water partition coefficient (Wildman–Crippen LogP) is 3.41. The second kappa shape index (κ2) is 9.77. The normalized spacial score (nSPS) is 18.3. The first-order valence-electron chi connectivity index (χ1n) is 10.5. The molecule has 2 fully saturated rings. The fraction of sp³-hybridized carbons (Fsp3) is 0.391. The predicted molar refractivity (Wildman–Crippen MR) is 117 cm³/mol. The van der Waals surface area contributed by atoms with Gasteiger partial charge in [0.2, 0.25) is 5.91 Å². The smallest absolute Gasteiger partial charge is 0.253 e. The second-order valence-electron chi connectivity index (χ2n) is 7.74. The van der Waals surface area contributed by atoms with Crippen LogP contribution in [0.25, 0.3) is 0 Å². The van der Waals surface area contributed by atoms with E-state index in [1.807, 2.05) is 6.07 Å². The number of anilines is 1.